The van der Waals surface area contributed by atoms with Crippen molar-refractivity contribution in [2.24, 2.45) is 0 Å². The average molecular weight is 255 g/mol. The molecule has 0 saturated heterocycles. The lowest BCUT2D eigenvalue weighted by atomic mass is 10.2. The quantitative estimate of drug-likeness (QED) is 0.649. The molecule has 3 N–H and O–H groups in total. The van der Waals surface area contributed by atoms with E-state index in [0.717, 1.165) is 16.3 Å². The van der Waals surface area contributed by atoms with E-state index in [1.807, 2.05) is 36.6 Å². The second-order valence-corrected chi connectivity index (χ2v) is 4.59. The number of para-hydroxylation sites is 1. The van der Waals surface area contributed by atoms with Crippen LogP contribution < -0.4 is 11.1 Å². The smallest absolute Gasteiger partial charge is 0.0992 e. The Kier molecular flexibility index (Phi) is 3.75. The number of nitrogens with zero attached hydrogens (tertiary/aromatic N) is 1. The summed E-state index contributed by atoms with van der Waals surface area (Å²) >= 11 is 1.67. The van der Waals surface area contributed by atoms with Gasteiger partial charge in [0.15, 0.2) is 0 Å². The molecule has 0 atom stereocenters. The Balaban J connectivity index is 2.32. The van der Waals surface area contributed by atoms with E-state index in [1.165, 1.54) is 0 Å². The van der Waals surface area contributed by atoms with Crippen LogP contribution in [0.3, 0.4) is 0 Å². The van der Waals surface area contributed by atoms with Crippen molar-refractivity contribution < 1.29 is 0 Å². The fraction of sp³-hybridized carbons (Fsp3) is 0.0714. The minimum Gasteiger partial charge on any atom is -0.397 e. The Morgan fingerprint density at radius 1 is 1.17 bits per heavy atom. The van der Waals surface area contributed by atoms with Crippen LogP contribution in [0.5, 0.6) is 0 Å². The van der Waals surface area contributed by atoms with E-state index in [1.54, 1.807) is 23.9 Å². The van der Waals surface area contributed by atoms with Gasteiger partial charge in [0.2, 0.25) is 0 Å². The maximum Gasteiger partial charge on any atom is 0.0992 e. The maximum absolute atomic E-state index is 8.80. The predicted octanol–water partition coefficient (Wildman–Crippen LogP) is 3.61. The van der Waals surface area contributed by atoms with Gasteiger partial charge in [-0.25, -0.2) is 0 Å². The summed E-state index contributed by atoms with van der Waals surface area (Å²) in [4.78, 5) is 1.15. The molecule has 0 saturated carbocycles. The minimum atomic E-state index is 0.566. The highest BCUT2D eigenvalue weighted by Gasteiger charge is 2.04. The van der Waals surface area contributed by atoms with E-state index in [4.69, 9.17) is 11.0 Å². The number of nitriles is 1. The standard InChI is InChI=1S/C14H13N3S/c1-18-14-5-3-2-4-13(14)17-12-7-6-10(9-15)8-11(12)16/h2-8,17H,16H2,1H3. The summed E-state index contributed by atoms with van der Waals surface area (Å²) in [5.41, 5.74) is 8.89. The summed E-state index contributed by atoms with van der Waals surface area (Å²) in [5, 5.41) is 12.1. The molecule has 3 nitrogen and oxygen atoms in total. The molecule has 0 bridgehead atoms. The zero-order valence-electron chi connectivity index (χ0n) is 9.97. The molecule has 18 heavy (non-hydrogen) atoms. The molecule has 0 aliphatic heterocycles. The normalized spacial score (nSPS) is 9.78. The monoisotopic (exact) mass is 255 g/mol. The van der Waals surface area contributed by atoms with Crippen LogP contribution >= 0.6 is 11.8 Å². The highest BCUT2D eigenvalue weighted by molar-refractivity contribution is 7.98. The first-order valence-corrected chi connectivity index (χ1v) is 6.66. The van der Waals surface area contributed by atoms with Crippen LogP contribution in [0.4, 0.5) is 17.1 Å². The molecule has 2 rings (SSSR count). The highest BCUT2D eigenvalue weighted by Crippen LogP contribution is 2.30. The molecule has 2 aromatic carbocycles. The van der Waals surface area contributed by atoms with Crippen LogP contribution in [-0.2, 0) is 0 Å². The summed E-state index contributed by atoms with van der Waals surface area (Å²) < 4.78 is 0. The van der Waals surface area contributed by atoms with Crippen LogP contribution in [0.25, 0.3) is 0 Å². The summed E-state index contributed by atoms with van der Waals surface area (Å²) in [5.74, 6) is 0. The maximum atomic E-state index is 8.80. The number of benzene rings is 2. The van der Waals surface area contributed by atoms with Gasteiger partial charge in [-0.1, -0.05) is 12.1 Å². The second-order valence-electron chi connectivity index (χ2n) is 3.74. The zero-order chi connectivity index (χ0) is 13.0. The summed E-state index contributed by atoms with van der Waals surface area (Å²) in [6.07, 6.45) is 2.03. The van der Waals surface area contributed by atoms with Crippen molar-refractivity contribution in [1.82, 2.24) is 0 Å². The van der Waals surface area contributed by atoms with Crippen molar-refractivity contribution in [3.8, 4) is 6.07 Å². The Morgan fingerprint density at radius 3 is 2.61 bits per heavy atom. The molecule has 0 fully saturated rings. The molecule has 0 amide bonds. The molecule has 2 aromatic rings. The molecule has 0 spiro atoms. The SMILES string of the molecule is CSc1ccccc1Nc1ccc(C#N)cc1N. The highest BCUT2D eigenvalue weighted by atomic mass is 32.2. The van der Waals surface area contributed by atoms with E-state index < -0.39 is 0 Å². The Hall–Kier alpha value is -2.12. The molecule has 0 radical (unpaired) electrons. The van der Waals surface area contributed by atoms with Gasteiger partial charge in [0.05, 0.1) is 28.7 Å². The van der Waals surface area contributed by atoms with Crippen LogP contribution in [-0.4, -0.2) is 6.26 Å². The van der Waals surface area contributed by atoms with Gasteiger partial charge in [0.1, 0.15) is 0 Å². The first kappa shape index (κ1) is 12.3. The Morgan fingerprint density at radius 2 is 1.94 bits per heavy atom. The van der Waals surface area contributed by atoms with Crippen molar-refractivity contribution in [2.45, 2.75) is 4.90 Å². The third-order valence-electron chi connectivity index (χ3n) is 2.56. The van der Waals surface area contributed by atoms with Crippen molar-refractivity contribution in [2.75, 3.05) is 17.3 Å². The van der Waals surface area contributed by atoms with E-state index in [0.29, 0.717) is 11.3 Å². The molecule has 0 aromatic heterocycles. The summed E-state index contributed by atoms with van der Waals surface area (Å²) in [6.45, 7) is 0. The van der Waals surface area contributed by atoms with E-state index in [-0.39, 0.29) is 0 Å². The third-order valence-corrected chi connectivity index (χ3v) is 3.35. The van der Waals surface area contributed by atoms with Gasteiger partial charge in [-0.3, -0.25) is 0 Å². The van der Waals surface area contributed by atoms with Crippen LogP contribution in [0, 0.1) is 11.3 Å². The van der Waals surface area contributed by atoms with Crippen LogP contribution in [0.1, 0.15) is 5.56 Å². The van der Waals surface area contributed by atoms with Gasteiger partial charge in [-0.2, -0.15) is 5.26 Å². The lowest BCUT2D eigenvalue weighted by Gasteiger charge is -2.12. The van der Waals surface area contributed by atoms with E-state index in [9.17, 15) is 0 Å². The number of rotatable bonds is 3. The molecule has 90 valence electrons. The Bertz CT molecular complexity index is 602. The van der Waals surface area contributed by atoms with Gasteiger partial charge in [0.25, 0.3) is 0 Å². The number of hydrogen-bond donors (Lipinski definition) is 2. The second kappa shape index (κ2) is 5.48. The number of thioether (sulfide) groups is 1. The molecule has 0 unspecified atom stereocenters. The Labute approximate surface area is 111 Å². The van der Waals surface area contributed by atoms with Crippen molar-refractivity contribution >= 4 is 28.8 Å². The molecule has 4 heteroatoms. The number of anilines is 3. The van der Waals surface area contributed by atoms with Crippen molar-refractivity contribution in [3.05, 3.63) is 48.0 Å². The molecular weight excluding hydrogens is 242 g/mol. The van der Waals surface area contributed by atoms with Gasteiger partial charge in [-0.05, 0) is 36.6 Å². The van der Waals surface area contributed by atoms with E-state index in [2.05, 4.69) is 11.4 Å². The lowest BCUT2D eigenvalue weighted by molar-refractivity contribution is 1.41. The first-order chi connectivity index (χ1) is 8.74. The fourth-order valence-corrected chi connectivity index (χ4v) is 2.19. The van der Waals surface area contributed by atoms with Crippen molar-refractivity contribution in [1.29, 1.82) is 5.26 Å². The topological polar surface area (TPSA) is 61.8 Å². The van der Waals surface area contributed by atoms with Crippen LogP contribution in [0.15, 0.2) is 47.4 Å². The van der Waals surface area contributed by atoms with Crippen LogP contribution in [0.2, 0.25) is 0 Å². The van der Waals surface area contributed by atoms with E-state index >= 15 is 0 Å². The number of hydrogen-bond acceptors (Lipinski definition) is 4. The molecule has 0 heterocycles. The molecule has 0 aliphatic rings. The zero-order valence-corrected chi connectivity index (χ0v) is 10.8. The van der Waals surface area contributed by atoms with Crippen molar-refractivity contribution in [3.63, 3.8) is 0 Å². The molecule has 0 aliphatic carbocycles. The van der Waals surface area contributed by atoms with Gasteiger partial charge in [-0.15, -0.1) is 11.8 Å². The summed E-state index contributed by atoms with van der Waals surface area (Å²) in [7, 11) is 0. The largest absolute Gasteiger partial charge is 0.397 e. The predicted molar refractivity (Wildman–Crippen MR) is 77.1 cm³/mol. The summed E-state index contributed by atoms with van der Waals surface area (Å²) in [6, 6.07) is 15.3. The third kappa shape index (κ3) is 2.58. The van der Waals surface area contributed by atoms with Gasteiger partial charge < -0.3 is 11.1 Å². The number of nitrogens with two attached hydrogens (primary N) is 1. The first-order valence-electron chi connectivity index (χ1n) is 5.44. The lowest BCUT2D eigenvalue weighted by Crippen LogP contribution is -1.97. The van der Waals surface area contributed by atoms with Gasteiger partial charge in [0, 0.05) is 4.90 Å². The average Bonchev–Trinajstić information content (AvgIpc) is 2.41. The van der Waals surface area contributed by atoms with Gasteiger partial charge >= 0.3 is 0 Å². The number of nitrogen functional groups attached to an aromatic ring is 1. The molecular formula is C14H13N3S. The number of nitrogens with one attached hydrogen (secondary N) is 1. The minimum absolute atomic E-state index is 0.566. The fourth-order valence-electron chi connectivity index (χ4n) is 1.64.